The highest BCUT2D eigenvalue weighted by molar-refractivity contribution is 6.29. The largest absolute Gasteiger partial charge is 0.368 e. The number of pyridine rings is 1. The second kappa shape index (κ2) is 7.38. The molecule has 2 aromatic rings. The van der Waals surface area contributed by atoms with Crippen LogP contribution in [-0.4, -0.2) is 46.6 Å². The lowest BCUT2D eigenvalue weighted by molar-refractivity contribution is 0.0979. The molecule has 1 heterocycles. The van der Waals surface area contributed by atoms with Crippen molar-refractivity contribution in [3.05, 3.63) is 58.8 Å². The molecule has 0 bridgehead atoms. The fraction of sp³-hybridized carbons (Fsp3) is 0.381. The number of benzene rings is 1. The number of carbonyl (C=O) groups excluding carboxylic acids is 2. The highest BCUT2D eigenvalue weighted by Crippen LogP contribution is 2.30. The predicted molar refractivity (Wildman–Crippen MR) is 103 cm³/mol. The van der Waals surface area contributed by atoms with Gasteiger partial charge in [0, 0.05) is 48.1 Å². The van der Waals surface area contributed by atoms with Gasteiger partial charge in [-0.2, -0.15) is 0 Å². The SMILES string of the molecule is CC(C)N(CCNc1nccc2c1C(=O)c1ccccc1C2=O)C(C)C. The van der Waals surface area contributed by atoms with Crippen LogP contribution in [0.5, 0.6) is 0 Å². The molecule has 1 aliphatic rings. The van der Waals surface area contributed by atoms with E-state index in [-0.39, 0.29) is 11.6 Å². The maximum atomic E-state index is 12.9. The molecule has 0 saturated carbocycles. The summed E-state index contributed by atoms with van der Waals surface area (Å²) in [7, 11) is 0. The Balaban J connectivity index is 1.86. The van der Waals surface area contributed by atoms with Crippen LogP contribution in [0.3, 0.4) is 0 Å². The van der Waals surface area contributed by atoms with Crippen molar-refractivity contribution >= 4 is 17.4 Å². The summed E-state index contributed by atoms with van der Waals surface area (Å²) in [5, 5.41) is 3.27. The molecule has 0 unspecified atom stereocenters. The molecule has 0 saturated heterocycles. The number of nitrogens with one attached hydrogen (secondary N) is 1. The lowest BCUT2D eigenvalue weighted by atomic mass is 9.84. The number of carbonyl (C=O) groups is 2. The summed E-state index contributed by atoms with van der Waals surface area (Å²) in [6.45, 7) is 10.2. The summed E-state index contributed by atoms with van der Waals surface area (Å²) >= 11 is 0. The summed E-state index contributed by atoms with van der Waals surface area (Å²) in [4.78, 5) is 32.4. The van der Waals surface area contributed by atoms with E-state index in [1.807, 2.05) is 0 Å². The molecule has 136 valence electrons. The van der Waals surface area contributed by atoms with Crippen molar-refractivity contribution in [1.29, 1.82) is 0 Å². The lowest BCUT2D eigenvalue weighted by Crippen LogP contribution is -2.40. The van der Waals surface area contributed by atoms with Crippen LogP contribution in [0.15, 0.2) is 36.5 Å². The number of hydrogen-bond acceptors (Lipinski definition) is 5. The molecule has 3 rings (SSSR count). The van der Waals surface area contributed by atoms with Gasteiger partial charge in [0.15, 0.2) is 11.6 Å². The maximum Gasteiger partial charge on any atom is 0.198 e. The van der Waals surface area contributed by atoms with E-state index >= 15 is 0 Å². The Kier molecular flexibility index (Phi) is 5.18. The Bertz CT molecular complexity index is 835. The lowest BCUT2D eigenvalue weighted by Gasteiger charge is -2.30. The van der Waals surface area contributed by atoms with Gasteiger partial charge in [0.1, 0.15) is 5.82 Å². The van der Waals surface area contributed by atoms with E-state index in [0.717, 1.165) is 6.54 Å². The van der Waals surface area contributed by atoms with E-state index in [9.17, 15) is 9.59 Å². The summed E-state index contributed by atoms with van der Waals surface area (Å²) in [5.41, 5.74) is 1.73. The van der Waals surface area contributed by atoms with Gasteiger partial charge in [-0.1, -0.05) is 24.3 Å². The minimum atomic E-state index is -0.143. The first-order chi connectivity index (χ1) is 12.4. The van der Waals surface area contributed by atoms with Gasteiger partial charge in [0.05, 0.1) is 5.56 Å². The Morgan fingerprint density at radius 1 is 0.923 bits per heavy atom. The number of hydrogen-bond donors (Lipinski definition) is 1. The molecule has 5 heteroatoms. The summed E-state index contributed by atoms with van der Waals surface area (Å²) in [5.74, 6) is 0.227. The quantitative estimate of drug-likeness (QED) is 0.737. The third kappa shape index (κ3) is 3.27. The van der Waals surface area contributed by atoms with E-state index < -0.39 is 0 Å². The molecule has 26 heavy (non-hydrogen) atoms. The molecule has 0 aliphatic heterocycles. The zero-order valence-corrected chi connectivity index (χ0v) is 15.7. The van der Waals surface area contributed by atoms with Crippen molar-refractivity contribution in [3.63, 3.8) is 0 Å². The summed E-state index contributed by atoms with van der Waals surface area (Å²) in [6.07, 6.45) is 1.59. The van der Waals surface area contributed by atoms with Crippen LogP contribution >= 0.6 is 0 Å². The number of rotatable bonds is 6. The predicted octanol–water partition coefficient (Wildman–Crippen LogP) is 3.39. The molecule has 0 amide bonds. The molecule has 1 aromatic heterocycles. The molecule has 1 N–H and O–H groups in total. The van der Waals surface area contributed by atoms with Gasteiger partial charge in [-0.25, -0.2) is 4.98 Å². The van der Waals surface area contributed by atoms with Gasteiger partial charge in [-0.15, -0.1) is 0 Å². The van der Waals surface area contributed by atoms with E-state index in [2.05, 4.69) is 42.9 Å². The minimum absolute atomic E-state index is 0.119. The van der Waals surface area contributed by atoms with Crippen LogP contribution in [0, 0.1) is 0 Å². The fourth-order valence-electron chi connectivity index (χ4n) is 3.59. The van der Waals surface area contributed by atoms with Gasteiger partial charge in [0.2, 0.25) is 0 Å². The van der Waals surface area contributed by atoms with Gasteiger partial charge in [-0.3, -0.25) is 14.5 Å². The average molecular weight is 351 g/mol. The van der Waals surface area contributed by atoms with Crippen LogP contribution in [0.1, 0.15) is 59.5 Å². The number of anilines is 1. The van der Waals surface area contributed by atoms with Gasteiger partial charge in [-0.05, 0) is 33.8 Å². The van der Waals surface area contributed by atoms with Crippen molar-refractivity contribution in [2.75, 3.05) is 18.4 Å². The van der Waals surface area contributed by atoms with Crippen molar-refractivity contribution in [2.24, 2.45) is 0 Å². The fourth-order valence-corrected chi connectivity index (χ4v) is 3.59. The van der Waals surface area contributed by atoms with Gasteiger partial charge < -0.3 is 5.32 Å². The summed E-state index contributed by atoms with van der Waals surface area (Å²) in [6, 6.07) is 9.47. The van der Waals surface area contributed by atoms with Crippen LogP contribution in [0.2, 0.25) is 0 Å². The van der Waals surface area contributed by atoms with Crippen molar-refractivity contribution < 1.29 is 9.59 Å². The molecule has 1 aromatic carbocycles. The van der Waals surface area contributed by atoms with Crippen molar-refractivity contribution in [2.45, 2.75) is 39.8 Å². The monoisotopic (exact) mass is 351 g/mol. The van der Waals surface area contributed by atoms with Crippen molar-refractivity contribution in [1.82, 2.24) is 9.88 Å². The number of nitrogens with zero attached hydrogens (tertiary/aromatic N) is 2. The number of ketones is 2. The van der Waals surface area contributed by atoms with E-state index in [1.165, 1.54) is 0 Å². The van der Waals surface area contributed by atoms with Crippen LogP contribution < -0.4 is 5.32 Å². The normalized spacial score (nSPS) is 13.3. The van der Waals surface area contributed by atoms with E-state index in [0.29, 0.717) is 46.7 Å². The standard InChI is InChI=1S/C21H25N3O2/c1-13(2)24(14(3)4)12-11-23-21-18-17(9-10-22-21)19(25)15-7-5-6-8-16(15)20(18)26/h5-10,13-14H,11-12H2,1-4H3,(H,22,23). The van der Waals surface area contributed by atoms with Crippen molar-refractivity contribution in [3.8, 4) is 0 Å². The zero-order chi connectivity index (χ0) is 18.8. The minimum Gasteiger partial charge on any atom is -0.368 e. The molecule has 0 spiro atoms. The van der Waals surface area contributed by atoms with E-state index in [4.69, 9.17) is 0 Å². The topological polar surface area (TPSA) is 62.3 Å². The second-order valence-corrected chi connectivity index (χ2v) is 7.14. The highest BCUT2D eigenvalue weighted by atomic mass is 16.1. The third-order valence-corrected chi connectivity index (χ3v) is 4.83. The van der Waals surface area contributed by atoms with Crippen LogP contribution in [0.4, 0.5) is 5.82 Å². The number of fused-ring (bicyclic) bond motifs is 2. The molecular weight excluding hydrogens is 326 g/mol. The Hall–Kier alpha value is -2.53. The molecule has 0 radical (unpaired) electrons. The van der Waals surface area contributed by atoms with Crippen LogP contribution in [-0.2, 0) is 0 Å². The van der Waals surface area contributed by atoms with Gasteiger partial charge >= 0.3 is 0 Å². The average Bonchev–Trinajstić information content (AvgIpc) is 2.62. The van der Waals surface area contributed by atoms with Gasteiger partial charge in [0.25, 0.3) is 0 Å². The first-order valence-electron chi connectivity index (χ1n) is 9.08. The Labute approximate surface area is 154 Å². The third-order valence-electron chi connectivity index (χ3n) is 4.83. The maximum absolute atomic E-state index is 12.9. The first-order valence-corrected chi connectivity index (χ1v) is 9.08. The molecule has 1 aliphatic carbocycles. The molecule has 0 atom stereocenters. The molecular formula is C21H25N3O2. The van der Waals surface area contributed by atoms with E-state index in [1.54, 1.807) is 36.5 Å². The smallest absolute Gasteiger partial charge is 0.198 e. The molecule has 5 nitrogen and oxygen atoms in total. The first kappa shape index (κ1) is 18.3. The Morgan fingerprint density at radius 2 is 1.54 bits per heavy atom. The molecule has 0 fully saturated rings. The summed E-state index contributed by atoms with van der Waals surface area (Å²) < 4.78 is 0. The number of aromatic nitrogens is 1. The van der Waals surface area contributed by atoms with Crippen LogP contribution in [0.25, 0.3) is 0 Å². The second-order valence-electron chi connectivity index (χ2n) is 7.14. The Morgan fingerprint density at radius 3 is 2.15 bits per heavy atom. The zero-order valence-electron chi connectivity index (χ0n) is 15.7. The highest BCUT2D eigenvalue weighted by Gasteiger charge is 2.31.